The van der Waals surface area contributed by atoms with E-state index in [1.54, 1.807) is 0 Å². The highest BCUT2D eigenvalue weighted by molar-refractivity contribution is 6.18. The van der Waals surface area contributed by atoms with Crippen molar-refractivity contribution in [3.8, 4) is 0 Å². The molecule has 0 aliphatic rings. The molecule has 0 bridgehead atoms. The lowest BCUT2D eigenvalue weighted by molar-refractivity contribution is 0.200. The summed E-state index contributed by atoms with van der Waals surface area (Å²) in [7, 11) is 1.28. The average molecular weight is 180 g/mol. The predicted molar refractivity (Wildman–Crippen MR) is 41.5 cm³/mol. The molecule has 6 heteroatoms. The number of halogens is 1. The number of primary amides is 1. The number of carbonyl (C=O) groups excluding carboxylic acids is 2. The van der Waals surface area contributed by atoms with E-state index in [0.29, 0.717) is 12.4 Å². The molecule has 0 unspecified atom stereocenters. The first-order valence-corrected chi connectivity index (χ1v) is 3.50. The van der Waals surface area contributed by atoms with Gasteiger partial charge in [-0.3, -0.25) is 0 Å². The molecule has 0 heterocycles. The van der Waals surface area contributed by atoms with Gasteiger partial charge in [0.25, 0.3) is 0 Å². The number of hydrogen-bond donors (Lipinski definition) is 2. The molecule has 0 aliphatic heterocycles. The first kappa shape index (κ1) is 10.0. The van der Waals surface area contributed by atoms with Crippen molar-refractivity contribution in [1.82, 2.24) is 10.2 Å². The summed E-state index contributed by atoms with van der Waals surface area (Å²) in [4.78, 5) is 21.9. The smallest absolute Gasteiger partial charge is 0.325 e. The number of urea groups is 2. The van der Waals surface area contributed by atoms with Crippen LogP contribution in [0.1, 0.15) is 0 Å². The zero-order chi connectivity index (χ0) is 8.85. The van der Waals surface area contributed by atoms with Crippen LogP contribution in [0.4, 0.5) is 9.59 Å². The Morgan fingerprint density at radius 3 is 2.55 bits per heavy atom. The number of hydrogen-bond acceptors (Lipinski definition) is 2. The van der Waals surface area contributed by atoms with Crippen molar-refractivity contribution in [3.63, 3.8) is 0 Å². The minimum Gasteiger partial charge on any atom is -0.351 e. The standard InChI is InChI=1S/C5H10ClN3O2/c1-9(4(7)10)5(11)8-3-2-6/h2-3H2,1H3,(H2,7,10)(H,8,11). The summed E-state index contributed by atoms with van der Waals surface area (Å²) in [6.07, 6.45) is 0. The van der Waals surface area contributed by atoms with Crippen LogP contribution in [0, 0.1) is 0 Å². The number of nitrogens with two attached hydrogens (primary N) is 1. The molecular weight excluding hydrogens is 170 g/mol. The van der Waals surface area contributed by atoms with E-state index in [4.69, 9.17) is 17.3 Å². The number of nitrogens with one attached hydrogen (secondary N) is 1. The number of amides is 4. The van der Waals surface area contributed by atoms with E-state index in [9.17, 15) is 9.59 Å². The van der Waals surface area contributed by atoms with Crippen molar-refractivity contribution in [2.45, 2.75) is 0 Å². The van der Waals surface area contributed by atoms with Gasteiger partial charge >= 0.3 is 12.1 Å². The molecule has 5 nitrogen and oxygen atoms in total. The highest BCUT2D eigenvalue weighted by Crippen LogP contribution is 1.82. The van der Waals surface area contributed by atoms with E-state index in [1.807, 2.05) is 0 Å². The van der Waals surface area contributed by atoms with Crippen molar-refractivity contribution >= 4 is 23.7 Å². The molecule has 0 saturated carbocycles. The first-order chi connectivity index (χ1) is 5.09. The molecule has 0 aromatic heterocycles. The SMILES string of the molecule is CN(C(N)=O)C(=O)NCCCl. The lowest BCUT2D eigenvalue weighted by Crippen LogP contribution is -2.44. The van der Waals surface area contributed by atoms with Crippen LogP contribution in [0.15, 0.2) is 0 Å². The Morgan fingerprint density at radius 2 is 2.18 bits per heavy atom. The van der Waals surface area contributed by atoms with Gasteiger partial charge in [0.05, 0.1) is 0 Å². The van der Waals surface area contributed by atoms with Gasteiger partial charge in [0.1, 0.15) is 0 Å². The Balaban J connectivity index is 3.74. The Kier molecular flexibility index (Phi) is 4.36. The van der Waals surface area contributed by atoms with Gasteiger partial charge in [-0.05, 0) is 0 Å². The van der Waals surface area contributed by atoms with Gasteiger partial charge in [0.15, 0.2) is 0 Å². The molecule has 0 saturated heterocycles. The summed E-state index contributed by atoms with van der Waals surface area (Å²) in [5.74, 6) is 0.304. The maximum absolute atomic E-state index is 10.8. The number of rotatable bonds is 2. The minimum absolute atomic E-state index is 0.304. The lowest BCUT2D eigenvalue weighted by Gasteiger charge is -2.11. The molecule has 4 amide bonds. The summed E-state index contributed by atoms with van der Waals surface area (Å²) in [5.41, 5.74) is 4.80. The molecule has 0 aliphatic carbocycles. The number of nitrogens with zero attached hydrogens (tertiary/aromatic N) is 1. The molecule has 0 aromatic carbocycles. The molecule has 64 valence electrons. The molecule has 0 fully saturated rings. The van der Waals surface area contributed by atoms with E-state index in [1.165, 1.54) is 7.05 Å². The van der Waals surface area contributed by atoms with Gasteiger partial charge < -0.3 is 11.1 Å². The molecule has 0 rings (SSSR count). The largest absolute Gasteiger partial charge is 0.351 e. The van der Waals surface area contributed by atoms with Crippen molar-refractivity contribution in [2.75, 3.05) is 19.5 Å². The van der Waals surface area contributed by atoms with E-state index < -0.39 is 12.1 Å². The summed E-state index contributed by atoms with van der Waals surface area (Å²) in [5, 5.41) is 2.37. The molecule has 0 aromatic rings. The maximum Gasteiger partial charge on any atom is 0.325 e. The van der Waals surface area contributed by atoms with Crippen LogP contribution in [0.5, 0.6) is 0 Å². The van der Waals surface area contributed by atoms with Crippen molar-refractivity contribution in [2.24, 2.45) is 5.73 Å². The van der Waals surface area contributed by atoms with Crippen molar-refractivity contribution < 1.29 is 9.59 Å². The molecule has 0 radical (unpaired) electrons. The van der Waals surface area contributed by atoms with Gasteiger partial charge in [-0.15, -0.1) is 11.6 Å². The van der Waals surface area contributed by atoms with Crippen molar-refractivity contribution in [3.05, 3.63) is 0 Å². The fourth-order valence-corrected chi connectivity index (χ4v) is 0.467. The van der Waals surface area contributed by atoms with Gasteiger partial charge in [0, 0.05) is 19.5 Å². The number of imide groups is 1. The normalized spacial score (nSPS) is 8.91. The van der Waals surface area contributed by atoms with Gasteiger partial charge in [-0.2, -0.15) is 0 Å². The van der Waals surface area contributed by atoms with Crippen LogP contribution in [-0.2, 0) is 0 Å². The van der Waals surface area contributed by atoms with Crippen molar-refractivity contribution in [1.29, 1.82) is 0 Å². The van der Waals surface area contributed by atoms with Crippen LogP contribution >= 0.6 is 11.6 Å². The predicted octanol–water partition coefficient (Wildman–Crippen LogP) is -0.0547. The minimum atomic E-state index is -0.794. The van der Waals surface area contributed by atoms with E-state index in [-0.39, 0.29) is 0 Å². The fourth-order valence-electron chi connectivity index (χ4n) is 0.373. The third kappa shape index (κ3) is 3.67. The molecule has 3 N–H and O–H groups in total. The van der Waals surface area contributed by atoms with Crippen LogP contribution in [0.3, 0.4) is 0 Å². The van der Waals surface area contributed by atoms with E-state index >= 15 is 0 Å². The second-order valence-electron chi connectivity index (χ2n) is 1.82. The second-order valence-corrected chi connectivity index (χ2v) is 2.20. The van der Waals surface area contributed by atoms with Gasteiger partial charge in [-0.25, -0.2) is 14.5 Å². The average Bonchev–Trinajstić information content (AvgIpc) is 1.98. The topological polar surface area (TPSA) is 75.4 Å². The van der Waals surface area contributed by atoms with E-state index in [2.05, 4.69) is 5.32 Å². The zero-order valence-electron chi connectivity index (χ0n) is 6.13. The Labute approximate surface area is 69.5 Å². The summed E-state index contributed by atoms with van der Waals surface area (Å²) >= 11 is 5.28. The molecular formula is C5H10ClN3O2. The monoisotopic (exact) mass is 179 g/mol. The molecule has 0 atom stereocenters. The highest BCUT2D eigenvalue weighted by atomic mass is 35.5. The van der Waals surface area contributed by atoms with Crippen LogP contribution in [0.25, 0.3) is 0 Å². The Hall–Kier alpha value is -0.970. The van der Waals surface area contributed by atoms with Crippen LogP contribution < -0.4 is 11.1 Å². The summed E-state index contributed by atoms with van der Waals surface area (Å²) < 4.78 is 0. The zero-order valence-corrected chi connectivity index (χ0v) is 6.89. The Bertz CT molecular complexity index is 162. The number of carbonyl (C=O) groups is 2. The quantitative estimate of drug-likeness (QED) is 0.583. The van der Waals surface area contributed by atoms with E-state index in [0.717, 1.165) is 4.90 Å². The summed E-state index contributed by atoms with van der Waals surface area (Å²) in [6.45, 7) is 0.317. The van der Waals surface area contributed by atoms with Gasteiger partial charge in [0.2, 0.25) is 0 Å². The van der Waals surface area contributed by atoms with Crippen LogP contribution in [-0.4, -0.2) is 36.4 Å². The lowest BCUT2D eigenvalue weighted by atomic mass is 10.7. The third-order valence-corrected chi connectivity index (χ3v) is 1.19. The first-order valence-electron chi connectivity index (χ1n) is 2.96. The fraction of sp³-hybridized carbons (Fsp3) is 0.600. The second kappa shape index (κ2) is 4.79. The molecule has 11 heavy (non-hydrogen) atoms. The van der Waals surface area contributed by atoms with Crippen LogP contribution in [0.2, 0.25) is 0 Å². The molecule has 0 spiro atoms. The highest BCUT2D eigenvalue weighted by Gasteiger charge is 2.11. The Morgan fingerprint density at radius 1 is 1.64 bits per heavy atom. The third-order valence-electron chi connectivity index (χ3n) is 1.01. The summed E-state index contributed by atoms with van der Waals surface area (Å²) in [6, 6.07) is -1.34. The maximum atomic E-state index is 10.8. The number of alkyl halides is 1. The van der Waals surface area contributed by atoms with Gasteiger partial charge in [-0.1, -0.05) is 0 Å².